The van der Waals surface area contributed by atoms with Crippen LogP contribution in [0.5, 0.6) is 0 Å². The van der Waals surface area contributed by atoms with E-state index in [0.717, 1.165) is 37.9 Å². The summed E-state index contributed by atoms with van der Waals surface area (Å²) in [7, 11) is -0.352. The van der Waals surface area contributed by atoms with Crippen molar-refractivity contribution in [2.24, 2.45) is 0 Å². The van der Waals surface area contributed by atoms with Crippen LogP contribution in [-0.4, -0.2) is 34.7 Å². The molecule has 5 nitrogen and oxygen atoms in total. The second kappa shape index (κ2) is 5.85. The van der Waals surface area contributed by atoms with Crippen molar-refractivity contribution in [1.82, 2.24) is 9.78 Å². The highest BCUT2D eigenvalue weighted by Crippen LogP contribution is 2.38. The molecule has 4 rings (SSSR count). The van der Waals surface area contributed by atoms with Crippen LogP contribution < -0.4 is 5.59 Å². The predicted octanol–water partition coefficient (Wildman–Crippen LogP) is 2.76. The fourth-order valence-electron chi connectivity index (χ4n) is 3.94. The average molecular weight is 332 g/mol. The third-order valence-corrected chi connectivity index (χ3v) is 6.13. The Morgan fingerprint density at radius 3 is 2.38 bits per heavy atom. The summed E-state index contributed by atoms with van der Waals surface area (Å²) >= 11 is 0. The van der Waals surface area contributed by atoms with Gasteiger partial charge < -0.3 is 14.0 Å². The standard InChI is InChI=1S/C18H29BN2O3/c1-17(2)18(3,4)24-19(23-17)16-13-9-5-6-10-14(13)20-21(16)15-11-7-8-12-22-15/h15H,5-12H2,1-4H3. The summed E-state index contributed by atoms with van der Waals surface area (Å²) in [6.45, 7) is 9.25. The quantitative estimate of drug-likeness (QED) is 0.782. The van der Waals surface area contributed by atoms with E-state index in [4.69, 9.17) is 19.1 Å². The summed E-state index contributed by atoms with van der Waals surface area (Å²) in [6.07, 6.45) is 7.95. The van der Waals surface area contributed by atoms with E-state index in [1.54, 1.807) is 0 Å². The van der Waals surface area contributed by atoms with E-state index in [-0.39, 0.29) is 24.5 Å². The third-order valence-electron chi connectivity index (χ3n) is 6.13. The number of rotatable bonds is 2. The molecule has 2 saturated heterocycles. The smallest absolute Gasteiger partial charge is 0.398 e. The molecule has 0 aromatic carbocycles. The van der Waals surface area contributed by atoms with Gasteiger partial charge in [-0.25, -0.2) is 4.68 Å². The molecular formula is C18H29BN2O3. The lowest BCUT2D eigenvalue weighted by atomic mass is 9.78. The summed E-state index contributed by atoms with van der Waals surface area (Å²) < 4.78 is 20.9. The van der Waals surface area contributed by atoms with Gasteiger partial charge in [-0.05, 0) is 78.2 Å². The van der Waals surface area contributed by atoms with Gasteiger partial charge in [0.2, 0.25) is 0 Å². The van der Waals surface area contributed by atoms with Crippen molar-refractivity contribution in [2.75, 3.05) is 6.61 Å². The van der Waals surface area contributed by atoms with Gasteiger partial charge in [-0.15, -0.1) is 0 Å². The molecule has 0 radical (unpaired) electrons. The molecule has 0 amide bonds. The van der Waals surface area contributed by atoms with Crippen molar-refractivity contribution in [3.63, 3.8) is 0 Å². The number of hydrogen-bond acceptors (Lipinski definition) is 4. The van der Waals surface area contributed by atoms with Crippen LogP contribution >= 0.6 is 0 Å². The molecule has 0 N–H and O–H groups in total. The Morgan fingerprint density at radius 1 is 1.00 bits per heavy atom. The molecular weight excluding hydrogens is 303 g/mol. The monoisotopic (exact) mass is 332 g/mol. The number of fused-ring (bicyclic) bond motifs is 1. The first kappa shape index (κ1) is 16.6. The molecule has 3 heterocycles. The number of hydrogen-bond donors (Lipinski definition) is 0. The Balaban J connectivity index is 1.74. The molecule has 1 aliphatic carbocycles. The average Bonchev–Trinajstić information content (AvgIpc) is 3.03. The van der Waals surface area contributed by atoms with Crippen molar-refractivity contribution in [1.29, 1.82) is 0 Å². The van der Waals surface area contributed by atoms with Gasteiger partial charge in [0.05, 0.1) is 22.5 Å². The normalized spacial score (nSPS) is 28.8. The lowest BCUT2D eigenvalue weighted by Gasteiger charge is -2.32. The van der Waals surface area contributed by atoms with Crippen LogP contribution in [0.3, 0.4) is 0 Å². The maximum Gasteiger partial charge on any atom is 0.514 e. The maximum atomic E-state index is 6.37. The molecule has 1 atom stereocenters. The molecule has 6 heteroatoms. The van der Waals surface area contributed by atoms with Gasteiger partial charge in [0.25, 0.3) is 0 Å². The minimum absolute atomic E-state index is 0.0263. The van der Waals surface area contributed by atoms with E-state index in [0.29, 0.717) is 0 Å². The fraction of sp³-hybridized carbons (Fsp3) is 0.833. The second-order valence-corrected chi connectivity index (χ2v) is 8.37. The maximum absolute atomic E-state index is 6.37. The highest BCUT2D eigenvalue weighted by atomic mass is 16.7. The van der Waals surface area contributed by atoms with Crippen molar-refractivity contribution < 1.29 is 14.0 Å². The third kappa shape index (κ3) is 2.63. The van der Waals surface area contributed by atoms with Crippen LogP contribution in [0.25, 0.3) is 0 Å². The molecule has 0 saturated carbocycles. The first-order valence-electron chi connectivity index (χ1n) is 9.46. The zero-order chi connectivity index (χ0) is 16.9. The molecule has 2 fully saturated rings. The van der Waals surface area contributed by atoms with E-state index < -0.39 is 0 Å². The lowest BCUT2D eigenvalue weighted by molar-refractivity contribution is -0.0381. The van der Waals surface area contributed by atoms with E-state index >= 15 is 0 Å². The fourth-order valence-corrected chi connectivity index (χ4v) is 3.94. The minimum Gasteiger partial charge on any atom is -0.398 e. The molecule has 24 heavy (non-hydrogen) atoms. The summed E-state index contributed by atoms with van der Waals surface area (Å²) in [5.41, 5.74) is 3.01. The number of aryl methyl sites for hydroxylation is 1. The zero-order valence-electron chi connectivity index (χ0n) is 15.4. The Hall–Kier alpha value is -0.845. The Morgan fingerprint density at radius 2 is 1.71 bits per heavy atom. The summed E-state index contributed by atoms with van der Waals surface area (Å²) in [6, 6.07) is 0. The molecule has 1 unspecified atom stereocenters. The van der Waals surface area contributed by atoms with Gasteiger partial charge >= 0.3 is 7.12 Å². The number of ether oxygens (including phenoxy) is 1. The largest absolute Gasteiger partial charge is 0.514 e. The topological polar surface area (TPSA) is 45.5 Å². The highest BCUT2D eigenvalue weighted by Gasteiger charge is 2.54. The summed E-state index contributed by atoms with van der Waals surface area (Å²) in [5, 5.41) is 4.95. The van der Waals surface area contributed by atoms with Crippen LogP contribution in [0.15, 0.2) is 0 Å². The van der Waals surface area contributed by atoms with Crippen LogP contribution in [0.2, 0.25) is 0 Å². The molecule has 3 aliphatic rings. The molecule has 0 spiro atoms. The van der Waals surface area contributed by atoms with Gasteiger partial charge in [0.1, 0.15) is 6.23 Å². The van der Waals surface area contributed by atoms with E-state index in [9.17, 15) is 0 Å². The second-order valence-electron chi connectivity index (χ2n) is 8.37. The molecule has 1 aromatic heterocycles. The van der Waals surface area contributed by atoms with Crippen LogP contribution in [-0.2, 0) is 26.9 Å². The van der Waals surface area contributed by atoms with Crippen LogP contribution in [0, 0.1) is 0 Å². The van der Waals surface area contributed by atoms with Crippen molar-refractivity contribution in [3.8, 4) is 0 Å². The van der Waals surface area contributed by atoms with Gasteiger partial charge in [-0.2, -0.15) is 5.10 Å². The summed E-state index contributed by atoms with van der Waals surface area (Å²) in [4.78, 5) is 0. The molecule has 132 valence electrons. The van der Waals surface area contributed by atoms with Crippen LogP contribution in [0.4, 0.5) is 0 Å². The molecule has 1 aromatic rings. The van der Waals surface area contributed by atoms with Gasteiger partial charge in [0.15, 0.2) is 0 Å². The predicted molar refractivity (Wildman–Crippen MR) is 93.4 cm³/mol. The SMILES string of the molecule is CC1(C)OB(c2c3c(nn2C2CCCCO2)CCCC3)OC1(C)C. The zero-order valence-corrected chi connectivity index (χ0v) is 15.4. The molecule has 2 aliphatic heterocycles. The van der Waals surface area contributed by atoms with Crippen LogP contribution in [0.1, 0.15) is 77.3 Å². The number of aromatic nitrogens is 2. The summed E-state index contributed by atoms with van der Waals surface area (Å²) in [5.74, 6) is 0. The van der Waals surface area contributed by atoms with Gasteiger partial charge in [0, 0.05) is 6.61 Å². The Kier molecular flexibility index (Phi) is 4.05. The molecule has 0 bridgehead atoms. The lowest BCUT2D eigenvalue weighted by Crippen LogP contribution is -2.44. The first-order chi connectivity index (χ1) is 11.4. The van der Waals surface area contributed by atoms with E-state index in [2.05, 4.69) is 32.4 Å². The van der Waals surface area contributed by atoms with Gasteiger partial charge in [-0.3, -0.25) is 0 Å². The van der Waals surface area contributed by atoms with Crippen molar-refractivity contribution >= 4 is 12.7 Å². The van der Waals surface area contributed by atoms with Crippen molar-refractivity contribution in [2.45, 2.75) is 90.1 Å². The minimum atomic E-state index is -0.352. The number of nitrogens with zero attached hydrogens (tertiary/aromatic N) is 2. The van der Waals surface area contributed by atoms with E-state index in [1.807, 2.05) is 0 Å². The first-order valence-corrected chi connectivity index (χ1v) is 9.46. The Bertz CT molecular complexity index is 604. The van der Waals surface area contributed by atoms with Crippen molar-refractivity contribution in [3.05, 3.63) is 11.3 Å². The Labute approximate surface area is 145 Å². The highest BCUT2D eigenvalue weighted by molar-refractivity contribution is 6.61. The van der Waals surface area contributed by atoms with Gasteiger partial charge in [-0.1, -0.05) is 0 Å². The van der Waals surface area contributed by atoms with E-state index in [1.165, 1.54) is 30.5 Å².